The van der Waals surface area contributed by atoms with Crippen molar-refractivity contribution in [3.05, 3.63) is 53.6 Å². The first-order valence-electron chi connectivity index (χ1n) is 10.2. The molecule has 1 heterocycles. The SMILES string of the molecule is CC(C)N(C)c1ncc(C(=O)NC(C=CS(C)(=O)=O)C2CC2)c(Oc2ccccc2)n1. The minimum Gasteiger partial charge on any atom is -0.438 e. The Balaban J connectivity index is 1.90. The van der Waals surface area contributed by atoms with Crippen LogP contribution in [0.1, 0.15) is 37.0 Å². The maximum absolute atomic E-state index is 13.1. The number of benzene rings is 1. The van der Waals surface area contributed by atoms with Gasteiger partial charge in [0.15, 0.2) is 9.84 Å². The zero-order valence-electron chi connectivity index (χ0n) is 18.1. The summed E-state index contributed by atoms with van der Waals surface area (Å²) in [5.41, 5.74) is 0.183. The fourth-order valence-corrected chi connectivity index (χ4v) is 3.28. The molecule has 0 aliphatic heterocycles. The smallest absolute Gasteiger partial charge is 0.258 e. The number of carbonyl (C=O) groups excluding carboxylic acids is 1. The Morgan fingerprint density at radius 3 is 2.52 bits per heavy atom. The molecule has 1 atom stereocenters. The van der Waals surface area contributed by atoms with Gasteiger partial charge in [0, 0.05) is 31.0 Å². The lowest BCUT2D eigenvalue weighted by atomic mass is 10.1. The van der Waals surface area contributed by atoms with Crippen LogP contribution < -0.4 is 15.0 Å². The van der Waals surface area contributed by atoms with Gasteiger partial charge in [0.25, 0.3) is 5.91 Å². The molecule has 1 aromatic heterocycles. The molecule has 1 saturated carbocycles. The molecular weight excluding hydrogens is 416 g/mol. The Morgan fingerprint density at radius 2 is 1.94 bits per heavy atom. The summed E-state index contributed by atoms with van der Waals surface area (Å²) < 4.78 is 28.9. The monoisotopic (exact) mass is 444 g/mol. The molecule has 1 aliphatic rings. The van der Waals surface area contributed by atoms with Crippen LogP contribution >= 0.6 is 0 Å². The van der Waals surface area contributed by atoms with Crippen LogP contribution in [-0.4, -0.2) is 49.7 Å². The van der Waals surface area contributed by atoms with Crippen molar-refractivity contribution in [2.75, 3.05) is 18.2 Å². The zero-order chi connectivity index (χ0) is 22.6. The topological polar surface area (TPSA) is 101 Å². The molecule has 1 aromatic carbocycles. The minimum absolute atomic E-state index is 0.142. The van der Waals surface area contributed by atoms with E-state index in [2.05, 4.69) is 15.3 Å². The van der Waals surface area contributed by atoms with E-state index in [-0.39, 0.29) is 29.4 Å². The highest BCUT2D eigenvalue weighted by Crippen LogP contribution is 2.34. The van der Waals surface area contributed by atoms with E-state index in [9.17, 15) is 13.2 Å². The molecule has 0 spiro atoms. The molecule has 1 unspecified atom stereocenters. The molecular formula is C22H28N4O4S. The third kappa shape index (κ3) is 6.52. The minimum atomic E-state index is -3.28. The second kappa shape index (κ2) is 9.47. The van der Waals surface area contributed by atoms with Crippen molar-refractivity contribution in [1.29, 1.82) is 0 Å². The third-order valence-electron chi connectivity index (χ3n) is 4.99. The van der Waals surface area contributed by atoms with Crippen LogP contribution in [0.4, 0.5) is 5.95 Å². The maximum Gasteiger partial charge on any atom is 0.258 e. The number of ether oxygens (including phenoxy) is 1. The first-order valence-corrected chi connectivity index (χ1v) is 12.1. The van der Waals surface area contributed by atoms with Crippen molar-refractivity contribution in [2.45, 2.75) is 38.8 Å². The molecule has 1 fully saturated rings. The Bertz CT molecular complexity index is 1050. The second-order valence-electron chi connectivity index (χ2n) is 8.00. The average Bonchev–Trinajstić information content (AvgIpc) is 3.55. The number of anilines is 1. The van der Waals surface area contributed by atoms with Gasteiger partial charge in [0.2, 0.25) is 11.8 Å². The molecule has 166 valence electrons. The summed E-state index contributed by atoms with van der Waals surface area (Å²) in [7, 11) is -1.42. The molecule has 1 aliphatic carbocycles. The van der Waals surface area contributed by atoms with E-state index in [1.54, 1.807) is 12.1 Å². The van der Waals surface area contributed by atoms with E-state index in [1.807, 2.05) is 44.0 Å². The summed E-state index contributed by atoms with van der Waals surface area (Å²) in [5.74, 6) is 0.924. The molecule has 9 heteroatoms. The van der Waals surface area contributed by atoms with Crippen LogP contribution in [0.15, 0.2) is 48.0 Å². The Labute approximate surface area is 183 Å². The number of nitrogens with one attached hydrogen (secondary N) is 1. The standard InChI is InChI=1S/C22H28N4O4S/c1-15(2)26(3)22-23-14-18(21(25-22)30-17-8-6-5-7-9-17)20(27)24-19(16-10-11-16)12-13-31(4,28)29/h5-9,12-16,19H,10-11H2,1-4H3,(H,24,27). The van der Waals surface area contributed by atoms with E-state index >= 15 is 0 Å². The molecule has 1 amide bonds. The van der Waals surface area contributed by atoms with Gasteiger partial charge < -0.3 is 15.0 Å². The number of nitrogens with zero attached hydrogens (tertiary/aromatic N) is 3. The number of hydrogen-bond acceptors (Lipinski definition) is 7. The van der Waals surface area contributed by atoms with Gasteiger partial charge in [-0.25, -0.2) is 13.4 Å². The molecule has 3 rings (SSSR count). The Morgan fingerprint density at radius 1 is 1.26 bits per heavy atom. The first-order chi connectivity index (χ1) is 14.6. The highest BCUT2D eigenvalue weighted by Gasteiger charge is 2.32. The highest BCUT2D eigenvalue weighted by molar-refractivity contribution is 7.93. The van der Waals surface area contributed by atoms with Gasteiger partial charge in [0.05, 0.1) is 6.04 Å². The van der Waals surface area contributed by atoms with Crippen molar-refractivity contribution in [3.8, 4) is 11.6 Å². The lowest BCUT2D eigenvalue weighted by Gasteiger charge is -2.22. The molecule has 0 saturated heterocycles. The van der Waals surface area contributed by atoms with E-state index in [0.29, 0.717) is 11.7 Å². The van der Waals surface area contributed by atoms with Crippen LogP contribution in [-0.2, 0) is 9.84 Å². The fraction of sp³-hybridized carbons (Fsp3) is 0.409. The number of amides is 1. The quantitative estimate of drug-likeness (QED) is 0.634. The number of para-hydroxylation sites is 1. The molecule has 0 bridgehead atoms. The van der Waals surface area contributed by atoms with E-state index in [4.69, 9.17) is 4.74 Å². The van der Waals surface area contributed by atoms with Crippen LogP contribution in [0.25, 0.3) is 0 Å². The van der Waals surface area contributed by atoms with Gasteiger partial charge in [-0.1, -0.05) is 24.3 Å². The maximum atomic E-state index is 13.1. The average molecular weight is 445 g/mol. The molecule has 8 nitrogen and oxygen atoms in total. The molecule has 31 heavy (non-hydrogen) atoms. The van der Waals surface area contributed by atoms with Gasteiger partial charge in [0.1, 0.15) is 11.3 Å². The number of sulfone groups is 1. The normalized spacial score (nSPS) is 15.1. The van der Waals surface area contributed by atoms with Gasteiger partial charge in [-0.05, 0) is 44.7 Å². The molecule has 0 radical (unpaired) electrons. The summed E-state index contributed by atoms with van der Waals surface area (Å²) >= 11 is 0. The lowest BCUT2D eigenvalue weighted by Crippen LogP contribution is -2.35. The lowest BCUT2D eigenvalue weighted by molar-refractivity contribution is 0.0937. The summed E-state index contributed by atoms with van der Waals surface area (Å²) in [4.78, 5) is 23.8. The van der Waals surface area contributed by atoms with Gasteiger partial charge in [-0.2, -0.15) is 4.98 Å². The van der Waals surface area contributed by atoms with Crippen molar-refractivity contribution in [3.63, 3.8) is 0 Å². The van der Waals surface area contributed by atoms with Crippen molar-refractivity contribution in [2.24, 2.45) is 5.92 Å². The summed E-state index contributed by atoms with van der Waals surface area (Å²) in [6.07, 6.45) is 5.96. The zero-order valence-corrected chi connectivity index (χ0v) is 19.0. The largest absolute Gasteiger partial charge is 0.438 e. The van der Waals surface area contributed by atoms with Crippen LogP contribution in [0.5, 0.6) is 11.6 Å². The first kappa shape index (κ1) is 22.7. The van der Waals surface area contributed by atoms with Gasteiger partial charge in [-0.15, -0.1) is 0 Å². The van der Waals surface area contributed by atoms with Crippen LogP contribution in [0.3, 0.4) is 0 Å². The van der Waals surface area contributed by atoms with E-state index < -0.39 is 15.7 Å². The Kier molecular flexibility index (Phi) is 6.94. The van der Waals surface area contributed by atoms with E-state index in [1.165, 1.54) is 12.3 Å². The van der Waals surface area contributed by atoms with Gasteiger partial charge in [-0.3, -0.25) is 4.79 Å². The van der Waals surface area contributed by atoms with Gasteiger partial charge >= 0.3 is 0 Å². The molecule has 1 N–H and O–H groups in total. The van der Waals surface area contributed by atoms with Crippen LogP contribution in [0.2, 0.25) is 0 Å². The number of carbonyl (C=O) groups is 1. The number of hydrogen-bond donors (Lipinski definition) is 1. The number of aromatic nitrogens is 2. The Hall–Kier alpha value is -2.94. The van der Waals surface area contributed by atoms with Crippen LogP contribution in [0, 0.1) is 5.92 Å². The van der Waals surface area contributed by atoms with Crippen molar-refractivity contribution in [1.82, 2.24) is 15.3 Å². The van der Waals surface area contributed by atoms with E-state index in [0.717, 1.165) is 24.5 Å². The van der Waals surface area contributed by atoms with Crippen molar-refractivity contribution >= 4 is 21.7 Å². The molecule has 2 aromatic rings. The fourth-order valence-electron chi connectivity index (χ4n) is 2.83. The van der Waals surface area contributed by atoms with Crippen molar-refractivity contribution < 1.29 is 17.9 Å². The summed E-state index contributed by atoms with van der Waals surface area (Å²) in [5, 5.41) is 4.04. The predicted octanol–water partition coefficient (Wildman–Crippen LogP) is 3.18. The predicted molar refractivity (Wildman–Crippen MR) is 120 cm³/mol. The summed E-state index contributed by atoms with van der Waals surface area (Å²) in [6, 6.07) is 8.85. The second-order valence-corrected chi connectivity index (χ2v) is 9.93. The number of rotatable bonds is 9. The third-order valence-corrected chi connectivity index (χ3v) is 5.65. The highest BCUT2D eigenvalue weighted by atomic mass is 32.2. The summed E-state index contributed by atoms with van der Waals surface area (Å²) in [6.45, 7) is 4.02.